The fourth-order valence-electron chi connectivity index (χ4n) is 2.13. The van der Waals surface area contributed by atoms with Gasteiger partial charge in [0.05, 0.1) is 0 Å². The first-order chi connectivity index (χ1) is 7.28. The molecule has 1 aromatic rings. The summed E-state index contributed by atoms with van der Waals surface area (Å²) in [7, 11) is 4.06. The summed E-state index contributed by atoms with van der Waals surface area (Å²) >= 11 is 0. The third-order valence-corrected chi connectivity index (χ3v) is 2.97. The zero-order chi connectivity index (χ0) is 10.7. The topological polar surface area (TPSA) is 41.0 Å². The van der Waals surface area contributed by atoms with Crippen LogP contribution in [0.5, 0.6) is 0 Å². The molecule has 0 bridgehead atoms. The van der Waals surface area contributed by atoms with Crippen LogP contribution in [-0.2, 0) is 6.42 Å². The van der Waals surface area contributed by atoms with E-state index in [4.69, 9.17) is 0 Å². The number of likely N-dealkylation sites (tertiary alicyclic amines) is 1. The first-order valence-corrected chi connectivity index (χ1v) is 5.45. The van der Waals surface area contributed by atoms with Crippen LogP contribution < -0.4 is 5.32 Å². The standard InChI is InChI=1S/C11H18N4/c1-12-11-6-10(13-8-14-11)5-9-3-4-15(2)7-9/h6,8-9H,3-5,7H2,1-2H3,(H,12,13,14). The van der Waals surface area contributed by atoms with Crippen molar-refractivity contribution in [3.8, 4) is 0 Å². The Hall–Kier alpha value is -1.16. The van der Waals surface area contributed by atoms with Crippen LogP contribution in [0, 0.1) is 5.92 Å². The smallest absolute Gasteiger partial charge is 0.129 e. The van der Waals surface area contributed by atoms with Gasteiger partial charge in [0.25, 0.3) is 0 Å². The van der Waals surface area contributed by atoms with Gasteiger partial charge in [0, 0.05) is 25.4 Å². The summed E-state index contributed by atoms with van der Waals surface area (Å²) in [5.41, 5.74) is 1.15. The van der Waals surface area contributed by atoms with Crippen LogP contribution >= 0.6 is 0 Å². The monoisotopic (exact) mass is 206 g/mol. The Morgan fingerprint density at radius 2 is 2.40 bits per heavy atom. The molecule has 2 rings (SSSR count). The quantitative estimate of drug-likeness (QED) is 0.801. The van der Waals surface area contributed by atoms with Crippen molar-refractivity contribution in [3.05, 3.63) is 18.1 Å². The Labute approximate surface area is 90.7 Å². The van der Waals surface area contributed by atoms with E-state index in [-0.39, 0.29) is 0 Å². The molecular formula is C11H18N4. The highest BCUT2D eigenvalue weighted by Gasteiger charge is 2.20. The SMILES string of the molecule is CNc1cc(CC2CCN(C)C2)ncn1. The lowest BCUT2D eigenvalue weighted by atomic mass is 10.0. The molecule has 1 N–H and O–H groups in total. The highest BCUT2D eigenvalue weighted by molar-refractivity contribution is 5.33. The molecule has 0 amide bonds. The van der Waals surface area contributed by atoms with Crippen LogP contribution in [0.1, 0.15) is 12.1 Å². The second-order valence-corrected chi connectivity index (χ2v) is 4.27. The van der Waals surface area contributed by atoms with Crippen LogP contribution in [0.25, 0.3) is 0 Å². The molecule has 1 atom stereocenters. The lowest BCUT2D eigenvalue weighted by Crippen LogP contribution is -2.15. The predicted molar refractivity (Wildman–Crippen MR) is 60.9 cm³/mol. The number of nitrogens with one attached hydrogen (secondary N) is 1. The van der Waals surface area contributed by atoms with Gasteiger partial charge in [-0.3, -0.25) is 0 Å². The molecule has 2 heterocycles. The van der Waals surface area contributed by atoms with Crippen LogP contribution in [0.4, 0.5) is 5.82 Å². The van der Waals surface area contributed by atoms with E-state index in [2.05, 4.69) is 27.2 Å². The normalized spacial score (nSPS) is 21.9. The molecule has 0 aromatic carbocycles. The number of rotatable bonds is 3. The maximum absolute atomic E-state index is 4.31. The fraction of sp³-hybridized carbons (Fsp3) is 0.636. The van der Waals surface area contributed by atoms with Gasteiger partial charge < -0.3 is 10.2 Å². The Morgan fingerprint density at radius 3 is 3.07 bits per heavy atom. The van der Waals surface area contributed by atoms with E-state index in [1.54, 1.807) is 6.33 Å². The van der Waals surface area contributed by atoms with Gasteiger partial charge in [0.1, 0.15) is 12.1 Å². The van der Waals surface area contributed by atoms with Gasteiger partial charge in [-0.25, -0.2) is 9.97 Å². The molecule has 0 saturated carbocycles. The van der Waals surface area contributed by atoms with E-state index in [0.29, 0.717) is 0 Å². The number of hydrogen-bond donors (Lipinski definition) is 1. The Balaban J connectivity index is 1.98. The molecule has 0 spiro atoms. The van der Waals surface area contributed by atoms with Crippen molar-refractivity contribution >= 4 is 5.82 Å². The van der Waals surface area contributed by atoms with Crippen LogP contribution in [0.15, 0.2) is 12.4 Å². The lowest BCUT2D eigenvalue weighted by molar-refractivity contribution is 0.393. The zero-order valence-corrected chi connectivity index (χ0v) is 9.40. The van der Waals surface area contributed by atoms with Crippen LogP contribution in [-0.4, -0.2) is 42.1 Å². The number of anilines is 1. The maximum atomic E-state index is 4.31. The molecule has 1 unspecified atom stereocenters. The molecule has 4 heteroatoms. The Kier molecular flexibility index (Phi) is 3.16. The summed E-state index contributed by atoms with van der Waals surface area (Å²) in [5, 5.41) is 3.04. The van der Waals surface area contributed by atoms with Crippen LogP contribution in [0.3, 0.4) is 0 Å². The number of nitrogens with zero attached hydrogens (tertiary/aromatic N) is 3. The average molecular weight is 206 g/mol. The van der Waals surface area contributed by atoms with Crippen molar-refractivity contribution < 1.29 is 0 Å². The maximum Gasteiger partial charge on any atom is 0.129 e. The molecule has 0 radical (unpaired) electrons. The van der Waals surface area contributed by atoms with Gasteiger partial charge in [0.15, 0.2) is 0 Å². The molecule has 1 fully saturated rings. The van der Waals surface area contributed by atoms with E-state index in [0.717, 1.165) is 23.9 Å². The molecule has 82 valence electrons. The molecule has 1 aliphatic rings. The third-order valence-electron chi connectivity index (χ3n) is 2.97. The van der Waals surface area contributed by atoms with E-state index in [1.165, 1.54) is 19.5 Å². The van der Waals surface area contributed by atoms with E-state index < -0.39 is 0 Å². The Morgan fingerprint density at radius 1 is 1.53 bits per heavy atom. The van der Waals surface area contributed by atoms with Crippen molar-refractivity contribution in [1.29, 1.82) is 0 Å². The van der Waals surface area contributed by atoms with Gasteiger partial charge in [0.2, 0.25) is 0 Å². The van der Waals surface area contributed by atoms with Crippen LogP contribution in [0.2, 0.25) is 0 Å². The van der Waals surface area contributed by atoms with E-state index >= 15 is 0 Å². The number of hydrogen-bond acceptors (Lipinski definition) is 4. The average Bonchev–Trinajstić information content (AvgIpc) is 2.64. The largest absolute Gasteiger partial charge is 0.373 e. The minimum atomic E-state index is 0.759. The molecule has 1 aromatic heterocycles. The fourth-order valence-corrected chi connectivity index (χ4v) is 2.13. The molecule has 0 aliphatic carbocycles. The molecular weight excluding hydrogens is 188 g/mol. The first-order valence-electron chi connectivity index (χ1n) is 5.45. The van der Waals surface area contributed by atoms with Crippen molar-refractivity contribution in [2.75, 3.05) is 32.5 Å². The molecule has 15 heavy (non-hydrogen) atoms. The summed E-state index contributed by atoms with van der Waals surface area (Å²) in [5.74, 6) is 1.67. The van der Waals surface area contributed by atoms with Gasteiger partial charge in [-0.1, -0.05) is 0 Å². The van der Waals surface area contributed by atoms with E-state index in [9.17, 15) is 0 Å². The second-order valence-electron chi connectivity index (χ2n) is 4.27. The highest BCUT2D eigenvalue weighted by atomic mass is 15.1. The molecule has 4 nitrogen and oxygen atoms in total. The lowest BCUT2D eigenvalue weighted by Gasteiger charge is -2.10. The summed E-state index contributed by atoms with van der Waals surface area (Å²) in [4.78, 5) is 10.8. The summed E-state index contributed by atoms with van der Waals surface area (Å²) in [6.45, 7) is 2.41. The third kappa shape index (κ3) is 2.65. The molecule has 1 aliphatic heterocycles. The predicted octanol–water partition coefficient (Wildman–Crippen LogP) is 1.01. The van der Waals surface area contributed by atoms with Gasteiger partial charge in [-0.15, -0.1) is 0 Å². The summed E-state index contributed by atoms with van der Waals surface area (Å²) in [6.07, 6.45) is 4.00. The Bertz CT molecular complexity index is 326. The summed E-state index contributed by atoms with van der Waals surface area (Å²) in [6, 6.07) is 2.04. The van der Waals surface area contributed by atoms with Gasteiger partial charge in [-0.2, -0.15) is 0 Å². The molecule has 1 saturated heterocycles. The van der Waals surface area contributed by atoms with E-state index in [1.807, 2.05) is 13.1 Å². The second kappa shape index (κ2) is 4.57. The minimum absolute atomic E-state index is 0.759. The highest BCUT2D eigenvalue weighted by Crippen LogP contribution is 2.19. The van der Waals surface area contributed by atoms with Crippen molar-refractivity contribution in [3.63, 3.8) is 0 Å². The van der Waals surface area contributed by atoms with Crippen molar-refractivity contribution in [2.24, 2.45) is 5.92 Å². The minimum Gasteiger partial charge on any atom is -0.373 e. The van der Waals surface area contributed by atoms with Gasteiger partial charge >= 0.3 is 0 Å². The van der Waals surface area contributed by atoms with Crippen molar-refractivity contribution in [2.45, 2.75) is 12.8 Å². The summed E-state index contributed by atoms with van der Waals surface area (Å²) < 4.78 is 0. The van der Waals surface area contributed by atoms with Crippen molar-refractivity contribution in [1.82, 2.24) is 14.9 Å². The van der Waals surface area contributed by atoms with Gasteiger partial charge in [-0.05, 0) is 32.4 Å². The number of aromatic nitrogens is 2. The zero-order valence-electron chi connectivity index (χ0n) is 9.40. The first kappa shape index (κ1) is 10.4.